The van der Waals surface area contributed by atoms with Crippen LogP contribution in [0.5, 0.6) is 0 Å². The molecule has 1 amide bonds. The number of amides is 1. The number of aromatic nitrogens is 2. The summed E-state index contributed by atoms with van der Waals surface area (Å²) in [7, 11) is 0. The van der Waals surface area contributed by atoms with Crippen LogP contribution in [-0.2, 0) is 22.3 Å². The fourth-order valence-corrected chi connectivity index (χ4v) is 3.07. The highest BCUT2D eigenvalue weighted by Gasteiger charge is 2.31. The van der Waals surface area contributed by atoms with Crippen molar-refractivity contribution >= 4 is 23.9 Å². The van der Waals surface area contributed by atoms with Gasteiger partial charge in [-0.1, -0.05) is 0 Å². The van der Waals surface area contributed by atoms with E-state index in [0.29, 0.717) is 32.4 Å². The smallest absolute Gasteiger partial charge is 0.380 e. The summed E-state index contributed by atoms with van der Waals surface area (Å²) in [6, 6.07) is 2.00. The quantitative estimate of drug-likeness (QED) is 0.310. The number of carbonyl (C=O) groups excluding carboxylic acids is 1. The van der Waals surface area contributed by atoms with Gasteiger partial charge in [-0.05, 0) is 23.8 Å². The lowest BCUT2D eigenvalue weighted by atomic mass is 10.1. The molecule has 0 saturated carbocycles. The van der Waals surface area contributed by atoms with Gasteiger partial charge in [-0.25, -0.2) is 13.8 Å². The molecule has 1 aliphatic rings. The van der Waals surface area contributed by atoms with E-state index in [1.165, 1.54) is 6.20 Å². The minimum Gasteiger partial charge on any atom is -0.380 e. The van der Waals surface area contributed by atoms with Crippen LogP contribution in [0.2, 0.25) is 0 Å². The highest BCUT2D eigenvalue weighted by atomic mass is 19.4. The lowest BCUT2D eigenvalue weighted by Gasteiger charge is -2.26. The van der Waals surface area contributed by atoms with Crippen molar-refractivity contribution in [1.29, 1.82) is 5.41 Å². The molecule has 1 saturated heterocycles. The molecule has 0 bridgehead atoms. The molecule has 1 fully saturated rings. The van der Waals surface area contributed by atoms with Crippen molar-refractivity contribution < 1.29 is 31.5 Å². The Balaban J connectivity index is 1.61. The highest BCUT2D eigenvalue weighted by molar-refractivity contribution is 5.81. The maximum absolute atomic E-state index is 14.1. The van der Waals surface area contributed by atoms with E-state index in [-0.39, 0.29) is 42.0 Å². The number of anilines is 2. The van der Waals surface area contributed by atoms with Crippen LogP contribution in [0.1, 0.15) is 11.1 Å². The van der Waals surface area contributed by atoms with Gasteiger partial charge in [0.25, 0.3) is 0 Å². The Bertz CT molecular complexity index is 1090. The van der Waals surface area contributed by atoms with Gasteiger partial charge in [0.1, 0.15) is 5.82 Å². The van der Waals surface area contributed by atoms with E-state index in [1.54, 1.807) is 4.90 Å². The first-order chi connectivity index (χ1) is 16.7. The second kappa shape index (κ2) is 11.6. The molecule has 188 valence electrons. The number of ether oxygens (including phenoxy) is 1. The summed E-state index contributed by atoms with van der Waals surface area (Å²) in [5.41, 5.74) is -1.09. The molecule has 35 heavy (non-hydrogen) atoms. The number of nitrogens with zero attached hydrogens (tertiary/aromatic N) is 3. The van der Waals surface area contributed by atoms with Gasteiger partial charge in [0, 0.05) is 32.0 Å². The largest absolute Gasteiger partial charge is 0.416 e. The number of halogens is 5. The Labute approximate surface area is 196 Å². The zero-order chi connectivity index (χ0) is 25.4. The number of nitrogens with one attached hydrogen (secondary N) is 4. The predicted molar refractivity (Wildman–Crippen MR) is 117 cm³/mol. The Morgan fingerprint density at radius 2 is 1.94 bits per heavy atom. The standard InChI is InChI=1S/C21H22F5N7O2/c22-15-6-13(5-14(7-15)21(24,25)26)9-29-19-17(23)11-30-20(32-19)31-16(8-27)10-28-12-18(34)33-1-3-35-4-2-33/h5-8,10-11,27-28H,1-4,9,12H2,(H2,29,30,31,32)/b16-10+,27-8?. The molecule has 0 radical (unpaired) electrons. The van der Waals surface area contributed by atoms with Crippen LogP contribution in [0.4, 0.5) is 33.7 Å². The van der Waals surface area contributed by atoms with E-state index in [1.807, 2.05) is 0 Å². The van der Waals surface area contributed by atoms with E-state index in [2.05, 4.69) is 25.9 Å². The number of carbonyl (C=O) groups is 1. The molecule has 0 atom stereocenters. The normalized spacial score (nSPS) is 14.4. The van der Waals surface area contributed by atoms with Crippen molar-refractivity contribution in [3.05, 3.63) is 59.1 Å². The number of benzene rings is 1. The molecule has 0 unspecified atom stereocenters. The highest BCUT2D eigenvalue weighted by Crippen LogP contribution is 2.30. The molecule has 0 spiro atoms. The van der Waals surface area contributed by atoms with E-state index in [9.17, 15) is 26.7 Å². The first-order valence-corrected chi connectivity index (χ1v) is 10.4. The summed E-state index contributed by atoms with van der Waals surface area (Å²) in [6.45, 7) is 1.56. The Morgan fingerprint density at radius 1 is 1.20 bits per heavy atom. The van der Waals surface area contributed by atoms with Crippen molar-refractivity contribution in [2.75, 3.05) is 43.5 Å². The lowest BCUT2D eigenvalue weighted by molar-refractivity contribution is -0.138. The van der Waals surface area contributed by atoms with Crippen LogP contribution in [0.25, 0.3) is 0 Å². The summed E-state index contributed by atoms with van der Waals surface area (Å²) in [6.07, 6.45) is -1.65. The third-order valence-corrected chi connectivity index (χ3v) is 4.78. The Kier molecular flexibility index (Phi) is 8.52. The average molecular weight is 499 g/mol. The van der Waals surface area contributed by atoms with Gasteiger partial charge >= 0.3 is 6.18 Å². The van der Waals surface area contributed by atoms with Crippen molar-refractivity contribution in [2.24, 2.45) is 0 Å². The van der Waals surface area contributed by atoms with E-state index in [4.69, 9.17) is 10.1 Å². The van der Waals surface area contributed by atoms with Gasteiger partial charge in [-0.2, -0.15) is 18.2 Å². The zero-order valence-electron chi connectivity index (χ0n) is 18.3. The predicted octanol–water partition coefficient (Wildman–Crippen LogP) is 2.74. The van der Waals surface area contributed by atoms with Crippen LogP contribution < -0.4 is 16.0 Å². The molecular weight excluding hydrogens is 477 g/mol. The fourth-order valence-electron chi connectivity index (χ4n) is 3.07. The minimum absolute atomic E-state index is 0.0242. The van der Waals surface area contributed by atoms with E-state index >= 15 is 0 Å². The first-order valence-electron chi connectivity index (χ1n) is 10.4. The average Bonchev–Trinajstić information content (AvgIpc) is 2.83. The number of hydrogen-bond acceptors (Lipinski definition) is 8. The summed E-state index contributed by atoms with van der Waals surface area (Å²) >= 11 is 0. The second-order valence-corrected chi connectivity index (χ2v) is 7.33. The summed E-state index contributed by atoms with van der Waals surface area (Å²) in [5.74, 6) is -2.59. The molecule has 2 heterocycles. The molecule has 1 aromatic heterocycles. The number of alkyl halides is 3. The van der Waals surface area contributed by atoms with E-state index in [0.717, 1.165) is 24.5 Å². The van der Waals surface area contributed by atoms with Crippen LogP contribution in [0, 0.1) is 17.0 Å². The molecule has 2 aromatic rings. The van der Waals surface area contributed by atoms with Gasteiger partial charge in [0.15, 0.2) is 11.6 Å². The Morgan fingerprint density at radius 3 is 2.63 bits per heavy atom. The van der Waals surface area contributed by atoms with E-state index < -0.39 is 23.4 Å². The molecule has 14 heteroatoms. The Hall–Kier alpha value is -3.81. The summed E-state index contributed by atoms with van der Waals surface area (Å²) in [5, 5.41) is 15.4. The lowest BCUT2D eigenvalue weighted by Crippen LogP contribution is -2.44. The molecule has 9 nitrogen and oxygen atoms in total. The maximum Gasteiger partial charge on any atom is 0.416 e. The van der Waals surface area contributed by atoms with Crippen molar-refractivity contribution in [1.82, 2.24) is 20.2 Å². The fraction of sp³-hybridized carbons (Fsp3) is 0.333. The molecule has 0 aliphatic carbocycles. The van der Waals surface area contributed by atoms with Crippen molar-refractivity contribution in [3.8, 4) is 0 Å². The van der Waals surface area contributed by atoms with Crippen molar-refractivity contribution in [2.45, 2.75) is 12.7 Å². The van der Waals surface area contributed by atoms with Crippen LogP contribution >= 0.6 is 0 Å². The molecule has 1 aliphatic heterocycles. The van der Waals surface area contributed by atoms with Gasteiger partial charge in [-0.3, -0.25) is 4.79 Å². The minimum atomic E-state index is -4.73. The number of allylic oxidation sites excluding steroid dienone is 1. The summed E-state index contributed by atoms with van der Waals surface area (Å²) in [4.78, 5) is 21.4. The molecular formula is C21H22F5N7O2. The van der Waals surface area contributed by atoms with Crippen LogP contribution in [-0.4, -0.2) is 59.8 Å². The molecule has 1 aromatic carbocycles. The first kappa shape index (κ1) is 25.8. The topological polar surface area (TPSA) is 115 Å². The summed E-state index contributed by atoms with van der Waals surface area (Å²) < 4.78 is 71.5. The number of rotatable bonds is 9. The zero-order valence-corrected chi connectivity index (χ0v) is 18.3. The maximum atomic E-state index is 14.1. The monoisotopic (exact) mass is 499 g/mol. The third kappa shape index (κ3) is 7.60. The van der Waals surface area contributed by atoms with Gasteiger partial charge in [0.2, 0.25) is 11.9 Å². The van der Waals surface area contributed by atoms with Crippen LogP contribution in [0.15, 0.2) is 36.3 Å². The van der Waals surface area contributed by atoms with Gasteiger partial charge in [-0.15, -0.1) is 0 Å². The SMILES string of the molecule is N=C/C(=C\NCC(=O)N1CCOCC1)Nc1ncc(F)c(NCc2cc(F)cc(C(F)(F)F)c2)n1. The van der Waals surface area contributed by atoms with Crippen LogP contribution in [0.3, 0.4) is 0 Å². The number of hydrogen-bond donors (Lipinski definition) is 4. The van der Waals surface area contributed by atoms with Crippen molar-refractivity contribution in [3.63, 3.8) is 0 Å². The third-order valence-electron chi connectivity index (χ3n) is 4.78. The molecule has 4 N–H and O–H groups in total. The second-order valence-electron chi connectivity index (χ2n) is 7.33. The van der Waals surface area contributed by atoms with Gasteiger partial charge < -0.3 is 31.0 Å². The molecule has 3 rings (SSSR count). The van der Waals surface area contributed by atoms with Gasteiger partial charge in [0.05, 0.1) is 37.2 Å². The number of morpholine rings is 1.